The second-order valence-corrected chi connectivity index (χ2v) is 6.08. The Morgan fingerprint density at radius 3 is 2.56 bits per heavy atom. The highest BCUT2D eigenvalue weighted by molar-refractivity contribution is 5.70. The first-order chi connectivity index (χ1) is 11.9. The molecule has 1 unspecified atom stereocenters. The maximum absolute atomic E-state index is 10.4. The fraction of sp³-hybridized carbons (Fsp3) is 0.200. The number of aromatic hydroxyl groups is 3. The third-order valence-corrected chi connectivity index (χ3v) is 3.85. The Kier molecular flexibility index (Phi) is 4.57. The topological polar surface area (TPSA) is 79.2 Å². The van der Waals surface area contributed by atoms with Gasteiger partial charge in [0.2, 0.25) is 0 Å². The van der Waals surface area contributed by atoms with Crippen molar-refractivity contribution in [1.29, 1.82) is 0 Å². The monoisotopic (exact) mass is 340 g/mol. The normalized spacial score (nSPS) is 15.2. The smallest absolute Gasteiger partial charge is 0.260 e. The predicted molar refractivity (Wildman–Crippen MR) is 95.1 cm³/mol. The molecule has 1 heterocycles. The standard InChI is InChI=1S/C20H20O5/c1-12(2)3-8-15-17(22)11-18-16(20(15)23)9-10-19(25-18)24-14-6-4-13(21)5-7-14/h3-7,9-11,19,21-23H,8H2,1-2H3. The molecular weight excluding hydrogens is 320 g/mol. The number of benzene rings is 2. The molecule has 2 aromatic carbocycles. The van der Waals surface area contributed by atoms with Gasteiger partial charge in [0, 0.05) is 11.6 Å². The Morgan fingerprint density at radius 2 is 1.88 bits per heavy atom. The van der Waals surface area contributed by atoms with E-state index in [9.17, 15) is 15.3 Å². The first-order valence-electron chi connectivity index (χ1n) is 7.96. The number of hydrogen-bond donors (Lipinski definition) is 3. The molecule has 0 spiro atoms. The van der Waals surface area contributed by atoms with Gasteiger partial charge in [0.05, 0.1) is 5.56 Å². The average molecular weight is 340 g/mol. The highest BCUT2D eigenvalue weighted by atomic mass is 16.7. The number of allylic oxidation sites excluding steroid dienone is 2. The van der Waals surface area contributed by atoms with Gasteiger partial charge in [-0.05, 0) is 56.7 Å². The van der Waals surface area contributed by atoms with Gasteiger partial charge in [-0.15, -0.1) is 0 Å². The van der Waals surface area contributed by atoms with E-state index in [1.807, 2.05) is 19.9 Å². The fourth-order valence-corrected chi connectivity index (χ4v) is 2.52. The molecule has 0 fully saturated rings. The van der Waals surface area contributed by atoms with Gasteiger partial charge in [-0.1, -0.05) is 11.6 Å². The van der Waals surface area contributed by atoms with Crippen molar-refractivity contribution < 1.29 is 24.8 Å². The maximum atomic E-state index is 10.4. The van der Waals surface area contributed by atoms with Crippen LogP contribution >= 0.6 is 0 Å². The number of fused-ring (bicyclic) bond motifs is 1. The molecule has 0 amide bonds. The lowest BCUT2D eigenvalue weighted by molar-refractivity contribution is 0.0450. The minimum absolute atomic E-state index is 0.00633. The SMILES string of the molecule is CC(C)=CCc1c(O)cc2c(c1O)C=CC(Oc1ccc(O)cc1)O2. The third kappa shape index (κ3) is 3.71. The molecule has 0 radical (unpaired) electrons. The predicted octanol–water partition coefficient (Wildman–Crippen LogP) is 4.12. The van der Waals surface area contributed by atoms with E-state index in [-0.39, 0.29) is 17.2 Å². The molecule has 0 saturated carbocycles. The highest BCUT2D eigenvalue weighted by Crippen LogP contribution is 2.41. The number of hydrogen-bond acceptors (Lipinski definition) is 5. The molecule has 0 saturated heterocycles. The number of phenolic OH excluding ortho intramolecular Hbond substituents is 3. The molecule has 2 aromatic rings. The van der Waals surface area contributed by atoms with Gasteiger partial charge in [-0.2, -0.15) is 0 Å². The summed E-state index contributed by atoms with van der Waals surface area (Å²) in [5, 5.41) is 29.9. The maximum Gasteiger partial charge on any atom is 0.260 e. The van der Waals surface area contributed by atoms with E-state index in [1.54, 1.807) is 24.3 Å². The second-order valence-electron chi connectivity index (χ2n) is 6.08. The second kappa shape index (κ2) is 6.81. The van der Waals surface area contributed by atoms with Crippen LogP contribution in [0.2, 0.25) is 0 Å². The summed E-state index contributed by atoms with van der Waals surface area (Å²) in [5.41, 5.74) is 2.08. The van der Waals surface area contributed by atoms with Crippen LogP contribution in [0.15, 0.2) is 48.1 Å². The van der Waals surface area contributed by atoms with E-state index >= 15 is 0 Å². The quantitative estimate of drug-likeness (QED) is 0.730. The molecule has 130 valence electrons. The molecule has 0 bridgehead atoms. The summed E-state index contributed by atoms with van der Waals surface area (Å²) in [5.74, 6) is 1.02. The van der Waals surface area contributed by atoms with Gasteiger partial charge in [-0.25, -0.2) is 0 Å². The van der Waals surface area contributed by atoms with Crippen LogP contribution in [0.25, 0.3) is 6.08 Å². The summed E-state index contributed by atoms with van der Waals surface area (Å²) in [6.07, 6.45) is 5.07. The minimum Gasteiger partial charge on any atom is -0.508 e. The molecular formula is C20H20O5. The van der Waals surface area contributed by atoms with Crippen LogP contribution in [-0.4, -0.2) is 21.6 Å². The van der Waals surface area contributed by atoms with Gasteiger partial charge >= 0.3 is 0 Å². The van der Waals surface area contributed by atoms with E-state index in [0.29, 0.717) is 29.0 Å². The van der Waals surface area contributed by atoms with Crippen molar-refractivity contribution in [3.63, 3.8) is 0 Å². The Bertz CT molecular complexity index is 830. The van der Waals surface area contributed by atoms with E-state index in [4.69, 9.17) is 9.47 Å². The van der Waals surface area contributed by atoms with Gasteiger partial charge in [-0.3, -0.25) is 0 Å². The number of rotatable bonds is 4. The van der Waals surface area contributed by atoms with Crippen molar-refractivity contribution in [2.45, 2.75) is 26.6 Å². The van der Waals surface area contributed by atoms with Crippen LogP contribution in [0.4, 0.5) is 0 Å². The van der Waals surface area contributed by atoms with Crippen LogP contribution in [0.3, 0.4) is 0 Å². The average Bonchev–Trinajstić information content (AvgIpc) is 2.56. The van der Waals surface area contributed by atoms with Crippen molar-refractivity contribution in [1.82, 2.24) is 0 Å². The van der Waals surface area contributed by atoms with Crippen molar-refractivity contribution >= 4 is 6.08 Å². The molecule has 1 atom stereocenters. The van der Waals surface area contributed by atoms with Crippen LogP contribution < -0.4 is 9.47 Å². The third-order valence-electron chi connectivity index (χ3n) is 3.85. The van der Waals surface area contributed by atoms with Crippen molar-refractivity contribution in [3.8, 4) is 28.7 Å². The Labute approximate surface area is 146 Å². The van der Waals surface area contributed by atoms with Crippen LogP contribution in [0.1, 0.15) is 25.0 Å². The van der Waals surface area contributed by atoms with Gasteiger partial charge in [0.1, 0.15) is 28.7 Å². The molecule has 1 aliphatic heterocycles. The zero-order valence-corrected chi connectivity index (χ0v) is 14.1. The zero-order chi connectivity index (χ0) is 18.0. The summed E-state index contributed by atoms with van der Waals surface area (Å²) in [7, 11) is 0. The van der Waals surface area contributed by atoms with Crippen LogP contribution in [0.5, 0.6) is 28.7 Å². The Morgan fingerprint density at radius 1 is 1.16 bits per heavy atom. The molecule has 0 aliphatic carbocycles. The lowest BCUT2D eigenvalue weighted by Gasteiger charge is -2.24. The van der Waals surface area contributed by atoms with Crippen LogP contribution in [-0.2, 0) is 6.42 Å². The summed E-state index contributed by atoms with van der Waals surface area (Å²) in [6.45, 7) is 3.92. The van der Waals surface area contributed by atoms with Crippen molar-refractivity contribution in [2.75, 3.05) is 0 Å². The van der Waals surface area contributed by atoms with E-state index < -0.39 is 6.29 Å². The van der Waals surface area contributed by atoms with Crippen LogP contribution in [0, 0.1) is 0 Å². The Hall–Kier alpha value is -3.08. The summed E-state index contributed by atoms with van der Waals surface area (Å²) >= 11 is 0. The number of ether oxygens (including phenoxy) is 2. The summed E-state index contributed by atoms with van der Waals surface area (Å²) in [4.78, 5) is 0. The first kappa shape index (κ1) is 16.8. The molecule has 25 heavy (non-hydrogen) atoms. The molecule has 3 N–H and O–H groups in total. The first-order valence-corrected chi connectivity index (χ1v) is 7.96. The number of phenols is 3. The van der Waals surface area contributed by atoms with Crippen molar-refractivity contribution in [2.24, 2.45) is 0 Å². The lowest BCUT2D eigenvalue weighted by Crippen LogP contribution is -2.23. The fourth-order valence-electron chi connectivity index (χ4n) is 2.52. The molecule has 3 rings (SSSR count). The van der Waals surface area contributed by atoms with Gasteiger partial charge in [0.25, 0.3) is 6.29 Å². The lowest BCUT2D eigenvalue weighted by atomic mass is 10.0. The van der Waals surface area contributed by atoms with Gasteiger partial charge in [0.15, 0.2) is 0 Å². The van der Waals surface area contributed by atoms with E-state index in [1.165, 1.54) is 18.2 Å². The minimum atomic E-state index is -0.695. The largest absolute Gasteiger partial charge is 0.508 e. The molecule has 5 nitrogen and oxygen atoms in total. The molecule has 1 aliphatic rings. The van der Waals surface area contributed by atoms with Crippen molar-refractivity contribution in [3.05, 3.63) is 59.2 Å². The van der Waals surface area contributed by atoms with E-state index in [0.717, 1.165) is 5.57 Å². The summed E-state index contributed by atoms with van der Waals surface area (Å²) < 4.78 is 11.4. The molecule has 0 aromatic heterocycles. The summed E-state index contributed by atoms with van der Waals surface area (Å²) in [6, 6.07) is 7.77. The Balaban J connectivity index is 1.83. The zero-order valence-electron chi connectivity index (χ0n) is 14.1. The molecule has 5 heteroatoms. The highest BCUT2D eigenvalue weighted by Gasteiger charge is 2.22. The van der Waals surface area contributed by atoms with E-state index in [2.05, 4.69) is 0 Å². The van der Waals surface area contributed by atoms with Gasteiger partial charge < -0.3 is 24.8 Å².